The zero-order valence-electron chi connectivity index (χ0n) is 35.9. The number of hydrogen-bond donors (Lipinski definition) is 0. The van der Waals surface area contributed by atoms with Crippen LogP contribution in [0, 0.1) is 0 Å². The SMILES string of the molecule is c1ccc(-c2ccc(-c3ccc(N(c4ccc(-c5ccc6ccccc6c5)cc4)c4ccccc4-c4cccc(-c5ccccc5)c4-c4ccccc4-c4ccccc4)cc3)cc2)cc1. The molecule has 0 spiro atoms. The number of hydrogen-bond acceptors (Lipinski definition) is 1. The molecule has 1 nitrogen and oxygen atoms in total. The van der Waals surface area contributed by atoms with E-state index >= 15 is 0 Å². The molecule has 0 aliphatic carbocycles. The van der Waals surface area contributed by atoms with Crippen molar-refractivity contribution in [3.63, 3.8) is 0 Å². The number of anilines is 3. The van der Waals surface area contributed by atoms with Crippen LogP contribution in [0.5, 0.6) is 0 Å². The fraction of sp³-hybridized carbons (Fsp3) is 0. The molecule has 306 valence electrons. The summed E-state index contributed by atoms with van der Waals surface area (Å²) in [5, 5.41) is 2.48. The van der Waals surface area contributed by atoms with Gasteiger partial charge < -0.3 is 4.90 Å². The predicted octanol–water partition coefficient (Wildman–Crippen LogP) is 18.0. The summed E-state index contributed by atoms with van der Waals surface area (Å²) in [6.07, 6.45) is 0. The van der Waals surface area contributed by atoms with Crippen LogP contribution in [0.2, 0.25) is 0 Å². The van der Waals surface area contributed by atoms with Crippen molar-refractivity contribution in [3.8, 4) is 77.9 Å². The standard InChI is InChI=1S/C64H45N/c1-4-17-46(18-5-1)48-31-33-49(34-32-48)50-37-41-56(42-38-50)65(57-43-39-51(40-44-57)55-36-35-47-19-10-11-24-54(47)45-55)63-30-15-14-26-60(63)62-29-16-28-59(53-22-8-3-9-23-53)64(62)61-27-13-12-25-58(61)52-20-6-2-7-21-52/h1-45H. The molecule has 11 aromatic carbocycles. The molecule has 0 aliphatic rings. The quantitative estimate of drug-likeness (QED) is 0.133. The minimum absolute atomic E-state index is 1.08. The summed E-state index contributed by atoms with van der Waals surface area (Å²) in [6.45, 7) is 0. The van der Waals surface area contributed by atoms with E-state index in [1.807, 2.05) is 0 Å². The summed E-state index contributed by atoms with van der Waals surface area (Å²) in [5.41, 5.74) is 19.9. The Labute approximate surface area is 381 Å². The summed E-state index contributed by atoms with van der Waals surface area (Å²) in [6, 6.07) is 98.9. The van der Waals surface area contributed by atoms with E-state index in [1.54, 1.807) is 0 Å². The molecule has 0 heterocycles. The number of fused-ring (bicyclic) bond motifs is 1. The number of nitrogens with zero attached hydrogens (tertiary/aromatic N) is 1. The molecule has 0 bridgehead atoms. The molecule has 0 fully saturated rings. The van der Waals surface area contributed by atoms with E-state index < -0.39 is 0 Å². The molecule has 0 atom stereocenters. The van der Waals surface area contributed by atoms with E-state index in [0.717, 1.165) is 22.6 Å². The van der Waals surface area contributed by atoms with Crippen LogP contribution in [0.3, 0.4) is 0 Å². The molecule has 1 heteroatoms. The van der Waals surface area contributed by atoms with E-state index in [4.69, 9.17) is 0 Å². The van der Waals surface area contributed by atoms with Gasteiger partial charge in [0, 0.05) is 16.9 Å². The second kappa shape index (κ2) is 17.7. The Morgan fingerprint density at radius 1 is 0.200 bits per heavy atom. The zero-order valence-corrected chi connectivity index (χ0v) is 35.9. The Bertz CT molecular complexity index is 3370. The third-order valence-electron chi connectivity index (χ3n) is 12.5. The highest BCUT2D eigenvalue weighted by Crippen LogP contribution is 2.48. The first kappa shape index (κ1) is 39.3. The van der Waals surface area contributed by atoms with Crippen LogP contribution < -0.4 is 4.90 Å². The van der Waals surface area contributed by atoms with Crippen LogP contribution in [0.25, 0.3) is 88.7 Å². The molecule has 0 radical (unpaired) electrons. The molecule has 11 aromatic rings. The summed E-state index contributed by atoms with van der Waals surface area (Å²) in [5.74, 6) is 0. The topological polar surface area (TPSA) is 3.24 Å². The van der Waals surface area contributed by atoms with Gasteiger partial charge in [0.2, 0.25) is 0 Å². The predicted molar refractivity (Wildman–Crippen MR) is 277 cm³/mol. The Morgan fingerprint density at radius 2 is 0.585 bits per heavy atom. The first-order valence-corrected chi connectivity index (χ1v) is 22.3. The van der Waals surface area contributed by atoms with Crippen LogP contribution >= 0.6 is 0 Å². The molecule has 0 unspecified atom stereocenters. The average molecular weight is 828 g/mol. The Balaban J connectivity index is 1.07. The third-order valence-corrected chi connectivity index (χ3v) is 12.5. The summed E-state index contributed by atoms with van der Waals surface area (Å²) in [7, 11) is 0. The van der Waals surface area contributed by atoms with Crippen LogP contribution in [-0.4, -0.2) is 0 Å². The highest BCUT2D eigenvalue weighted by Gasteiger charge is 2.23. The van der Waals surface area contributed by atoms with Gasteiger partial charge >= 0.3 is 0 Å². The van der Waals surface area contributed by atoms with Crippen molar-refractivity contribution in [2.45, 2.75) is 0 Å². The van der Waals surface area contributed by atoms with Gasteiger partial charge in [-0.25, -0.2) is 0 Å². The van der Waals surface area contributed by atoms with Gasteiger partial charge in [-0.2, -0.15) is 0 Å². The van der Waals surface area contributed by atoms with Crippen molar-refractivity contribution in [2.24, 2.45) is 0 Å². The maximum absolute atomic E-state index is 2.42. The molecule has 0 saturated heterocycles. The summed E-state index contributed by atoms with van der Waals surface area (Å²) in [4.78, 5) is 2.42. The monoisotopic (exact) mass is 827 g/mol. The van der Waals surface area contributed by atoms with E-state index in [2.05, 4.69) is 278 Å². The second-order valence-corrected chi connectivity index (χ2v) is 16.5. The maximum atomic E-state index is 2.42. The van der Waals surface area contributed by atoms with Crippen molar-refractivity contribution in [1.82, 2.24) is 0 Å². The van der Waals surface area contributed by atoms with Gasteiger partial charge in [0.05, 0.1) is 5.69 Å². The maximum Gasteiger partial charge on any atom is 0.0540 e. The van der Waals surface area contributed by atoms with E-state index in [1.165, 1.54) is 83.1 Å². The van der Waals surface area contributed by atoms with E-state index in [9.17, 15) is 0 Å². The lowest BCUT2D eigenvalue weighted by molar-refractivity contribution is 1.28. The lowest BCUT2D eigenvalue weighted by Gasteiger charge is -2.29. The van der Waals surface area contributed by atoms with Crippen LogP contribution in [-0.2, 0) is 0 Å². The molecule has 11 rings (SSSR count). The van der Waals surface area contributed by atoms with Gasteiger partial charge in [-0.3, -0.25) is 0 Å². The first-order chi connectivity index (χ1) is 32.2. The minimum Gasteiger partial charge on any atom is -0.310 e. The largest absolute Gasteiger partial charge is 0.310 e. The average Bonchev–Trinajstić information content (AvgIpc) is 3.40. The molecule has 65 heavy (non-hydrogen) atoms. The fourth-order valence-electron chi connectivity index (χ4n) is 9.28. The van der Waals surface area contributed by atoms with Crippen molar-refractivity contribution in [2.75, 3.05) is 4.90 Å². The van der Waals surface area contributed by atoms with Crippen molar-refractivity contribution in [3.05, 3.63) is 273 Å². The Hall–Kier alpha value is -8.52. The highest BCUT2D eigenvalue weighted by atomic mass is 15.1. The number of benzene rings is 11. The van der Waals surface area contributed by atoms with Crippen molar-refractivity contribution < 1.29 is 0 Å². The van der Waals surface area contributed by atoms with Gasteiger partial charge in [0.25, 0.3) is 0 Å². The molecule has 0 aliphatic heterocycles. The van der Waals surface area contributed by atoms with Gasteiger partial charge in [-0.05, 0) is 119 Å². The molecule has 0 N–H and O–H groups in total. The second-order valence-electron chi connectivity index (χ2n) is 16.5. The minimum atomic E-state index is 1.08. The molecular formula is C64H45N. The molecule has 0 amide bonds. The summed E-state index contributed by atoms with van der Waals surface area (Å²) >= 11 is 0. The van der Waals surface area contributed by atoms with Crippen molar-refractivity contribution >= 4 is 27.8 Å². The highest BCUT2D eigenvalue weighted by molar-refractivity contribution is 6.03. The lowest BCUT2D eigenvalue weighted by atomic mass is 9.84. The van der Waals surface area contributed by atoms with Crippen LogP contribution in [0.4, 0.5) is 17.1 Å². The van der Waals surface area contributed by atoms with E-state index in [0.29, 0.717) is 0 Å². The lowest BCUT2D eigenvalue weighted by Crippen LogP contribution is -2.11. The van der Waals surface area contributed by atoms with E-state index in [-0.39, 0.29) is 0 Å². The zero-order chi connectivity index (χ0) is 43.4. The smallest absolute Gasteiger partial charge is 0.0540 e. The van der Waals surface area contributed by atoms with Crippen LogP contribution in [0.15, 0.2) is 273 Å². The Morgan fingerprint density at radius 3 is 1.18 bits per heavy atom. The summed E-state index contributed by atoms with van der Waals surface area (Å²) < 4.78 is 0. The molecular weight excluding hydrogens is 783 g/mol. The normalized spacial score (nSPS) is 11.1. The number of para-hydroxylation sites is 1. The van der Waals surface area contributed by atoms with Gasteiger partial charge in [0.15, 0.2) is 0 Å². The Kier molecular flexibility index (Phi) is 10.7. The van der Waals surface area contributed by atoms with Crippen molar-refractivity contribution in [1.29, 1.82) is 0 Å². The van der Waals surface area contributed by atoms with Gasteiger partial charge in [-0.1, -0.05) is 237 Å². The van der Waals surface area contributed by atoms with Crippen LogP contribution in [0.1, 0.15) is 0 Å². The third kappa shape index (κ3) is 7.93. The first-order valence-electron chi connectivity index (χ1n) is 22.3. The fourth-order valence-corrected chi connectivity index (χ4v) is 9.28. The number of rotatable bonds is 10. The van der Waals surface area contributed by atoms with Gasteiger partial charge in [0.1, 0.15) is 0 Å². The van der Waals surface area contributed by atoms with Gasteiger partial charge in [-0.15, -0.1) is 0 Å². The molecule has 0 aromatic heterocycles. The molecule has 0 saturated carbocycles.